The molecule has 8 nitrogen and oxygen atoms in total. The second-order valence-electron chi connectivity index (χ2n) is 9.52. The van der Waals surface area contributed by atoms with E-state index in [9.17, 15) is 0 Å². The highest BCUT2D eigenvalue weighted by Crippen LogP contribution is 2.43. The van der Waals surface area contributed by atoms with Crippen LogP contribution in [0.15, 0.2) is 77.2 Å². The smallest absolute Gasteiger partial charge is 0.133 e. The maximum atomic E-state index is 5.18. The number of pyridine rings is 3. The van der Waals surface area contributed by atoms with Gasteiger partial charge in [0.15, 0.2) is 0 Å². The van der Waals surface area contributed by atoms with Crippen molar-refractivity contribution in [2.75, 3.05) is 31.5 Å². The first-order chi connectivity index (χ1) is 18.3. The SMILES string of the molecule is C=Nc1cncc(C2CC2)c1/C(=N\Cc1ccnc(Nc2cc3ccccc3cn2)c1)N1CCNCC1. The minimum Gasteiger partial charge on any atom is -0.354 e. The number of hydrogen-bond acceptors (Lipinski definition) is 7. The third-order valence-corrected chi connectivity index (χ3v) is 6.91. The highest BCUT2D eigenvalue weighted by Gasteiger charge is 2.31. The van der Waals surface area contributed by atoms with Crippen LogP contribution in [0, 0.1) is 0 Å². The molecule has 4 aromatic rings. The molecule has 6 rings (SSSR count). The molecule has 4 heterocycles. The van der Waals surface area contributed by atoms with E-state index in [-0.39, 0.29) is 0 Å². The molecule has 3 aromatic heterocycles. The van der Waals surface area contributed by atoms with Crippen LogP contribution >= 0.6 is 0 Å². The topological polar surface area (TPSA) is 90.7 Å². The number of benzene rings is 1. The van der Waals surface area contributed by atoms with Gasteiger partial charge in [0.2, 0.25) is 0 Å². The Labute approximate surface area is 216 Å². The molecule has 2 N–H and O–H groups in total. The Hall–Kier alpha value is -4.17. The van der Waals surface area contributed by atoms with Crippen LogP contribution in [0.5, 0.6) is 0 Å². The Bertz CT molecular complexity index is 1450. The number of piperazine rings is 1. The normalized spacial score (nSPS) is 16.1. The van der Waals surface area contributed by atoms with Gasteiger partial charge in [0.25, 0.3) is 0 Å². The van der Waals surface area contributed by atoms with Gasteiger partial charge in [0, 0.05) is 55.7 Å². The molecular formula is C29H30N8. The van der Waals surface area contributed by atoms with Crippen LogP contribution in [-0.2, 0) is 6.54 Å². The van der Waals surface area contributed by atoms with E-state index >= 15 is 0 Å². The summed E-state index contributed by atoms with van der Waals surface area (Å²) in [6.45, 7) is 8.03. The second-order valence-corrected chi connectivity index (χ2v) is 9.52. The number of anilines is 2. The molecule has 37 heavy (non-hydrogen) atoms. The van der Waals surface area contributed by atoms with Crippen LogP contribution in [0.3, 0.4) is 0 Å². The molecule has 0 amide bonds. The molecule has 1 saturated heterocycles. The molecule has 1 aliphatic carbocycles. The molecule has 1 aromatic carbocycles. The second kappa shape index (κ2) is 10.4. The van der Waals surface area contributed by atoms with Gasteiger partial charge in [-0.25, -0.2) is 9.97 Å². The molecule has 186 valence electrons. The van der Waals surface area contributed by atoms with Gasteiger partial charge in [0.05, 0.1) is 18.4 Å². The van der Waals surface area contributed by atoms with Crippen LogP contribution in [-0.4, -0.2) is 58.6 Å². The monoisotopic (exact) mass is 490 g/mol. The average Bonchev–Trinajstić information content (AvgIpc) is 3.80. The number of rotatable bonds is 7. The fourth-order valence-electron chi connectivity index (χ4n) is 4.84. The van der Waals surface area contributed by atoms with E-state index in [4.69, 9.17) is 4.99 Å². The van der Waals surface area contributed by atoms with Crippen molar-refractivity contribution in [2.24, 2.45) is 9.98 Å². The molecule has 0 spiro atoms. The Balaban J connectivity index is 1.30. The number of nitrogens with zero attached hydrogens (tertiary/aromatic N) is 6. The number of fused-ring (bicyclic) bond motifs is 1. The predicted octanol–water partition coefficient (Wildman–Crippen LogP) is 4.83. The van der Waals surface area contributed by atoms with Gasteiger partial charge in [-0.2, -0.15) is 0 Å². The third-order valence-electron chi connectivity index (χ3n) is 6.91. The lowest BCUT2D eigenvalue weighted by molar-refractivity contribution is 0.357. The molecule has 0 bridgehead atoms. The maximum absolute atomic E-state index is 5.18. The van der Waals surface area contributed by atoms with Gasteiger partial charge in [-0.05, 0) is 60.2 Å². The third kappa shape index (κ3) is 5.20. The Morgan fingerprint density at radius 2 is 1.81 bits per heavy atom. The molecule has 0 radical (unpaired) electrons. The summed E-state index contributed by atoms with van der Waals surface area (Å²) in [6.07, 6.45) is 9.86. The molecule has 1 aliphatic heterocycles. The van der Waals surface area contributed by atoms with E-state index in [1.54, 1.807) is 6.20 Å². The van der Waals surface area contributed by atoms with Crippen molar-refractivity contribution in [2.45, 2.75) is 25.3 Å². The summed E-state index contributed by atoms with van der Waals surface area (Å²) in [4.78, 5) is 25.4. The molecule has 1 saturated carbocycles. The lowest BCUT2D eigenvalue weighted by Gasteiger charge is -2.32. The van der Waals surface area contributed by atoms with Gasteiger partial charge in [-0.1, -0.05) is 24.3 Å². The van der Waals surface area contributed by atoms with Crippen LogP contribution in [0.4, 0.5) is 17.3 Å². The summed E-state index contributed by atoms with van der Waals surface area (Å²) < 4.78 is 0. The molecule has 8 heteroatoms. The van der Waals surface area contributed by atoms with Crippen LogP contribution in [0.1, 0.15) is 35.4 Å². The molecule has 2 aliphatic rings. The quantitative estimate of drug-likeness (QED) is 0.285. The van der Waals surface area contributed by atoms with Crippen molar-refractivity contribution >= 4 is 40.6 Å². The summed E-state index contributed by atoms with van der Waals surface area (Å²) in [5.74, 6) is 3.02. The minimum absolute atomic E-state index is 0.531. The lowest BCUT2D eigenvalue weighted by Crippen LogP contribution is -2.47. The van der Waals surface area contributed by atoms with Crippen molar-refractivity contribution in [1.29, 1.82) is 0 Å². The zero-order valence-corrected chi connectivity index (χ0v) is 20.8. The van der Waals surface area contributed by atoms with Crippen LogP contribution < -0.4 is 10.6 Å². The number of aliphatic imine (C=N–C) groups is 2. The van der Waals surface area contributed by atoms with Crippen LogP contribution in [0.25, 0.3) is 10.8 Å². The van der Waals surface area contributed by atoms with Gasteiger partial charge in [0.1, 0.15) is 17.5 Å². The Morgan fingerprint density at radius 1 is 1.00 bits per heavy atom. The van der Waals surface area contributed by atoms with Gasteiger partial charge >= 0.3 is 0 Å². The summed E-state index contributed by atoms with van der Waals surface area (Å²) in [6, 6.07) is 14.3. The van der Waals surface area contributed by atoms with E-state index in [0.717, 1.165) is 71.2 Å². The lowest BCUT2D eigenvalue weighted by atomic mass is 10.0. The highest BCUT2D eigenvalue weighted by atomic mass is 15.2. The average molecular weight is 491 g/mol. The van der Waals surface area contributed by atoms with Gasteiger partial charge in [-0.3, -0.25) is 15.0 Å². The molecule has 2 fully saturated rings. The Kier molecular flexibility index (Phi) is 6.56. The zero-order valence-electron chi connectivity index (χ0n) is 20.8. The molecule has 0 unspecified atom stereocenters. The fourth-order valence-corrected chi connectivity index (χ4v) is 4.84. The highest BCUT2D eigenvalue weighted by molar-refractivity contribution is 6.04. The largest absolute Gasteiger partial charge is 0.354 e. The minimum atomic E-state index is 0.531. The molecule has 0 atom stereocenters. The predicted molar refractivity (Wildman–Crippen MR) is 149 cm³/mol. The first-order valence-corrected chi connectivity index (χ1v) is 12.8. The van der Waals surface area contributed by atoms with Crippen molar-refractivity contribution in [1.82, 2.24) is 25.2 Å². The van der Waals surface area contributed by atoms with E-state index in [2.05, 4.69) is 54.3 Å². The summed E-state index contributed by atoms with van der Waals surface area (Å²) >= 11 is 0. The summed E-state index contributed by atoms with van der Waals surface area (Å²) in [5, 5.41) is 9.04. The standard InChI is InChI=1S/C29H30N8/c1-30-25-19-32-18-24(21-6-7-21)28(25)29(37-12-10-31-11-13-37)35-16-20-8-9-33-26(14-20)36-27-15-22-4-2-3-5-23(22)17-34-27/h2-5,8-9,14-15,17-19,21,31H,1,6-7,10-13,16H2,(H,33,34,36)/b35-29+. The molecular weight excluding hydrogens is 460 g/mol. The van der Waals surface area contributed by atoms with Gasteiger partial charge in [-0.15, -0.1) is 0 Å². The summed E-state index contributed by atoms with van der Waals surface area (Å²) in [5.41, 5.74) is 4.20. The van der Waals surface area contributed by atoms with E-state index in [1.165, 1.54) is 18.4 Å². The number of aromatic nitrogens is 3. The van der Waals surface area contributed by atoms with Crippen molar-refractivity contribution in [3.63, 3.8) is 0 Å². The first kappa shape index (κ1) is 23.2. The number of nitrogens with one attached hydrogen (secondary N) is 2. The van der Waals surface area contributed by atoms with Crippen molar-refractivity contribution < 1.29 is 0 Å². The van der Waals surface area contributed by atoms with Crippen molar-refractivity contribution in [3.05, 3.63) is 83.9 Å². The maximum Gasteiger partial charge on any atom is 0.133 e. The van der Waals surface area contributed by atoms with E-state index in [1.807, 2.05) is 48.9 Å². The van der Waals surface area contributed by atoms with Gasteiger partial charge < -0.3 is 15.5 Å². The zero-order chi connectivity index (χ0) is 25.0. The van der Waals surface area contributed by atoms with E-state index < -0.39 is 0 Å². The van der Waals surface area contributed by atoms with Crippen molar-refractivity contribution in [3.8, 4) is 0 Å². The fraction of sp³-hybridized carbons (Fsp3) is 0.276. The first-order valence-electron chi connectivity index (χ1n) is 12.8. The van der Waals surface area contributed by atoms with E-state index in [0.29, 0.717) is 12.5 Å². The number of hydrogen-bond donors (Lipinski definition) is 2. The Morgan fingerprint density at radius 3 is 2.62 bits per heavy atom. The summed E-state index contributed by atoms with van der Waals surface area (Å²) in [7, 11) is 0. The number of amidine groups is 1. The van der Waals surface area contributed by atoms with Crippen LogP contribution in [0.2, 0.25) is 0 Å².